The molecular formula is C17H25NO2. The van der Waals surface area contributed by atoms with Crippen LogP contribution in [0.3, 0.4) is 0 Å². The lowest BCUT2D eigenvalue weighted by atomic mass is 9.75. The zero-order valence-electron chi connectivity index (χ0n) is 13.2. The van der Waals surface area contributed by atoms with Crippen molar-refractivity contribution >= 4 is 11.6 Å². The number of fused-ring (bicyclic) bond motifs is 1. The highest BCUT2D eigenvalue weighted by Crippen LogP contribution is 2.46. The van der Waals surface area contributed by atoms with E-state index in [0.717, 1.165) is 36.3 Å². The molecule has 1 atom stereocenters. The molecule has 1 aliphatic heterocycles. The Bertz CT molecular complexity index is 508. The van der Waals surface area contributed by atoms with Gasteiger partial charge in [-0.3, -0.25) is 4.79 Å². The first-order valence-corrected chi connectivity index (χ1v) is 7.44. The molecule has 0 saturated carbocycles. The summed E-state index contributed by atoms with van der Waals surface area (Å²) in [5.41, 5.74) is 1.70. The molecule has 2 rings (SSSR count). The molecule has 0 aliphatic carbocycles. The van der Waals surface area contributed by atoms with Crippen LogP contribution in [0.15, 0.2) is 18.2 Å². The van der Waals surface area contributed by atoms with E-state index in [0.29, 0.717) is 5.92 Å². The van der Waals surface area contributed by atoms with Gasteiger partial charge in [-0.2, -0.15) is 0 Å². The van der Waals surface area contributed by atoms with E-state index in [1.165, 1.54) is 0 Å². The van der Waals surface area contributed by atoms with Gasteiger partial charge in [-0.15, -0.1) is 0 Å². The zero-order valence-corrected chi connectivity index (χ0v) is 13.2. The Morgan fingerprint density at radius 3 is 2.50 bits per heavy atom. The van der Waals surface area contributed by atoms with Gasteiger partial charge in [0.2, 0.25) is 5.91 Å². The largest absolute Gasteiger partial charge is 0.497 e. The summed E-state index contributed by atoms with van der Waals surface area (Å²) in [6, 6.07) is 5.94. The van der Waals surface area contributed by atoms with Crippen molar-refractivity contribution in [3.63, 3.8) is 0 Å². The Morgan fingerprint density at radius 2 is 1.95 bits per heavy atom. The first-order chi connectivity index (χ1) is 9.47. The van der Waals surface area contributed by atoms with Crippen LogP contribution in [-0.2, 0) is 10.2 Å². The fourth-order valence-corrected chi connectivity index (χ4v) is 3.32. The number of carbonyl (C=O) groups excluding carboxylic acids is 1. The van der Waals surface area contributed by atoms with Crippen molar-refractivity contribution in [1.29, 1.82) is 0 Å². The van der Waals surface area contributed by atoms with Crippen molar-refractivity contribution in [2.75, 3.05) is 19.1 Å². The monoisotopic (exact) mass is 275 g/mol. The fourth-order valence-electron chi connectivity index (χ4n) is 3.32. The van der Waals surface area contributed by atoms with Crippen molar-refractivity contribution in [2.45, 2.75) is 45.4 Å². The second kappa shape index (κ2) is 5.47. The van der Waals surface area contributed by atoms with E-state index in [4.69, 9.17) is 4.74 Å². The van der Waals surface area contributed by atoms with Crippen molar-refractivity contribution in [1.82, 2.24) is 0 Å². The van der Waals surface area contributed by atoms with E-state index in [1.807, 2.05) is 25.2 Å². The van der Waals surface area contributed by atoms with Gasteiger partial charge < -0.3 is 9.64 Å². The number of ether oxygens (including phenoxy) is 1. The van der Waals surface area contributed by atoms with Crippen LogP contribution < -0.4 is 9.64 Å². The van der Waals surface area contributed by atoms with Crippen molar-refractivity contribution in [3.05, 3.63) is 23.8 Å². The Hall–Kier alpha value is -1.51. The van der Waals surface area contributed by atoms with Gasteiger partial charge in [-0.25, -0.2) is 0 Å². The minimum atomic E-state index is -0.421. The van der Waals surface area contributed by atoms with Crippen LogP contribution in [0, 0.1) is 5.92 Å². The third-order valence-electron chi connectivity index (χ3n) is 4.79. The molecule has 0 aromatic heterocycles. The number of carbonyl (C=O) groups is 1. The van der Waals surface area contributed by atoms with Gasteiger partial charge in [0, 0.05) is 12.7 Å². The topological polar surface area (TPSA) is 29.5 Å². The molecule has 0 spiro atoms. The third kappa shape index (κ3) is 2.19. The van der Waals surface area contributed by atoms with Crippen molar-refractivity contribution in [3.8, 4) is 5.75 Å². The summed E-state index contributed by atoms with van der Waals surface area (Å²) in [4.78, 5) is 14.5. The molecule has 3 heteroatoms. The number of likely N-dealkylation sites (N-methyl/N-ethyl adjacent to an activating group) is 1. The second-order valence-electron chi connectivity index (χ2n) is 5.97. The van der Waals surface area contributed by atoms with E-state index in [2.05, 4.69) is 20.8 Å². The lowest BCUT2D eigenvalue weighted by molar-refractivity contribution is -0.123. The van der Waals surface area contributed by atoms with Crippen molar-refractivity contribution in [2.24, 2.45) is 5.92 Å². The average Bonchev–Trinajstić information content (AvgIpc) is 2.66. The van der Waals surface area contributed by atoms with Crippen LogP contribution in [0.2, 0.25) is 0 Å². The molecule has 0 saturated heterocycles. The Kier molecular flexibility index (Phi) is 4.07. The lowest BCUT2D eigenvalue weighted by Crippen LogP contribution is -2.37. The molecule has 1 aromatic carbocycles. The van der Waals surface area contributed by atoms with Crippen LogP contribution in [0.4, 0.5) is 5.69 Å². The zero-order chi connectivity index (χ0) is 14.9. The van der Waals surface area contributed by atoms with E-state index in [9.17, 15) is 4.79 Å². The number of benzene rings is 1. The number of nitrogens with zero attached hydrogens (tertiary/aromatic N) is 1. The molecule has 0 radical (unpaired) electrons. The van der Waals surface area contributed by atoms with Crippen LogP contribution in [0.25, 0.3) is 0 Å². The minimum absolute atomic E-state index is 0.202. The van der Waals surface area contributed by atoms with Gasteiger partial charge in [-0.1, -0.05) is 26.7 Å². The first-order valence-electron chi connectivity index (χ1n) is 7.44. The van der Waals surface area contributed by atoms with Gasteiger partial charge >= 0.3 is 0 Å². The quantitative estimate of drug-likeness (QED) is 0.819. The number of hydrogen-bond donors (Lipinski definition) is 0. The summed E-state index contributed by atoms with van der Waals surface area (Å²) in [6.07, 6.45) is 3.13. The van der Waals surface area contributed by atoms with Gasteiger partial charge in [0.25, 0.3) is 0 Å². The van der Waals surface area contributed by atoms with Crippen LogP contribution in [-0.4, -0.2) is 20.1 Å². The lowest BCUT2D eigenvalue weighted by Gasteiger charge is -2.27. The maximum atomic E-state index is 12.7. The second-order valence-corrected chi connectivity index (χ2v) is 5.97. The summed E-state index contributed by atoms with van der Waals surface area (Å²) in [6.45, 7) is 6.48. The molecule has 110 valence electrons. The molecule has 1 aromatic rings. The highest BCUT2D eigenvalue weighted by Gasteiger charge is 2.46. The molecule has 1 aliphatic rings. The molecule has 20 heavy (non-hydrogen) atoms. The minimum Gasteiger partial charge on any atom is -0.497 e. The number of rotatable bonds is 5. The molecule has 0 N–H and O–H groups in total. The number of methoxy groups -OCH3 is 1. The normalized spacial score (nSPS) is 21.5. The molecule has 1 heterocycles. The molecule has 0 fully saturated rings. The fraction of sp³-hybridized carbons (Fsp3) is 0.588. The highest BCUT2D eigenvalue weighted by molar-refractivity contribution is 6.07. The van der Waals surface area contributed by atoms with E-state index < -0.39 is 5.41 Å². The highest BCUT2D eigenvalue weighted by atomic mass is 16.5. The number of anilines is 1. The van der Waals surface area contributed by atoms with Gasteiger partial charge in [0.1, 0.15) is 5.75 Å². The van der Waals surface area contributed by atoms with Crippen LogP contribution >= 0.6 is 0 Å². The molecule has 3 nitrogen and oxygen atoms in total. The summed E-state index contributed by atoms with van der Waals surface area (Å²) < 4.78 is 5.33. The van der Waals surface area contributed by atoms with E-state index in [-0.39, 0.29) is 5.91 Å². The van der Waals surface area contributed by atoms with Crippen LogP contribution in [0.1, 0.15) is 45.6 Å². The predicted molar refractivity (Wildman–Crippen MR) is 82.4 cm³/mol. The van der Waals surface area contributed by atoms with Gasteiger partial charge in [0.15, 0.2) is 0 Å². The first kappa shape index (κ1) is 14.9. The SMILES string of the molecule is CCC(CC)C[C@@]1(C)C(=O)N(C)c2ccc(OC)cc21. The summed E-state index contributed by atoms with van der Waals surface area (Å²) in [5.74, 6) is 1.60. The van der Waals surface area contributed by atoms with E-state index in [1.54, 1.807) is 12.0 Å². The average molecular weight is 275 g/mol. The predicted octanol–water partition coefficient (Wildman–Crippen LogP) is 3.76. The number of hydrogen-bond acceptors (Lipinski definition) is 2. The van der Waals surface area contributed by atoms with Crippen LogP contribution in [0.5, 0.6) is 5.75 Å². The molecule has 1 amide bonds. The Balaban J connectivity index is 2.46. The smallest absolute Gasteiger partial charge is 0.237 e. The maximum absolute atomic E-state index is 12.7. The summed E-state index contributed by atoms with van der Waals surface area (Å²) in [7, 11) is 3.53. The third-order valence-corrected chi connectivity index (χ3v) is 4.79. The number of amides is 1. The molecular weight excluding hydrogens is 250 g/mol. The summed E-state index contributed by atoms with van der Waals surface area (Å²) >= 11 is 0. The van der Waals surface area contributed by atoms with Gasteiger partial charge in [0.05, 0.1) is 12.5 Å². The maximum Gasteiger partial charge on any atom is 0.237 e. The standard InChI is InChI=1S/C17H25NO2/c1-6-12(7-2)11-17(3)14-10-13(20-5)8-9-15(14)18(4)16(17)19/h8-10,12H,6-7,11H2,1-5H3/t17-/m1/s1. The van der Waals surface area contributed by atoms with E-state index >= 15 is 0 Å². The Morgan fingerprint density at radius 1 is 1.30 bits per heavy atom. The van der Waals surface area contributed by atoms with Gasteiger partial charge in [-0.05, 0) is 43.0 Å². The van der Waals surface area contributed by atoms with Crippen molar-refractivity contribution < 1.29 is 9.53 Å². The molecule has 0 unspecified atom stereocenters. The Labute approximate surface area is 121 Å². The molecule has 0 bridgehead atoms. The summed E-state index contributed by atoms with van der Waals surface area (Å²) in [5, 5.41) is 0.